The second-order valence-corrected chi connectivity index (χ2v) is 8.44. The van der Waals surface area contributed by atoms with Crippen molar-refractivity contribution in [3.05, 3.63) is 29.8 Å². The Morgan fingerprint density at radius 1 is 1.17 bits per heavy atom. The van der Waals surface area contributed by atoms with E-state index in [1.807, 2.05) is 19.2 Å². The maximum absolute atomic E-state index is 11.7. The third-order valence-corrected chi connectivity index (χ3v) is 6.21. The van der Waals surface area contributed by atoms with Crippen molar-refractivity contribution < 1.29 is 9.53 Å². The smallest absolute Gasteiger partial charge is 0.258 e. The highest BCUT2D eigenvalue weighted by molar-refractivity contribution is 14.0. The van der Waals surface area contributed by atoms with Gasteiger partial charge in [-0.1, -0.05) is 31.9 Å². The van der Waals surface area contributed by atoms with Crippen molar-refractivity contribution >= 4 is 35.8 Å². The van der Waals surface area contributed by atoms with Crippen molar-refractivity contribution in [3.8, 4) is 5.75 Å². The number of carbonyl (C=O) groups excluding carboxylic acids is 1. The van der Waals surface area contributed by atoms with Gasteiger partial charge in [-0.25, -0.2) is 0 Å². The highest BCUT2D eigenvalue weighted by Gasteiger charge is 2.31. The van der Waals surface area contributed by atoms with Crippen LogP contribution in [0.4, 0.5) is 0 Å². The number of hydrogen-bond donors (Lipinski definition) is 3. The standard InChI is InChI=1S/C23H36N4O2.HI/c1-3-23(13-4-5-14-23)17-26-22(24-2)25-15-12-18-6-10-20(11-7-18)29-16-21(28)27-19-8-9-19;/h6-7,10-11,19H,3-5,8-9,12-17H2,1-2H3,(H,27,28)(H2,24,25,26);1H. The maximum Gasteiger partial charge on any atom is 0.258 e. The molecule has 0 heterocycles. The lowest BCUT2D eigenvalue weighted by Gasteiger charge is -2.28. The van der Waals surface area contributed by atoms with Crippen molar-refractivity contribution in [1.82, 2.24) is 16.0 Å². The lowest BCUT2D eigenvalue weighted by molar-refractivity contribution is -0.123. The van der Waals surface area contributed by atoms with E-state index in [4.69, 9.17) is 4.74 Å². The van der Waals surface area contributed by atoms with Crippen LogP contribution in [0.25, 0.3) is 0 Å². The molecule has 2 saturated carbocycles. The predicted molar refractivity (Wildman–Crippen MR) is 133 cm³/mol. The third-order valence-electron chi connectivity index (χ3n) is 6.21. The molecule has 0 radical (unpaired) electrons. The SMILES string of the molecule is CCC1(CNC(=NC)NCCc2ccc(OCC(=O)NC3CC3)cc2)CCCC1.I. The van der Waals surface area contributed by atoms with Crippen LogP contribution in [-0.2, 0) is 11.2 Å². The zero-order valence-corrected chi connectivity index (χ0v) is 20.7. The number of ether oxygens (including phenoxy) is 1. The Bertz CT molecular complexity index is 683. The van der Waals surface area contributed by atoms with Crippen LogP contribution >= 0.6 is 24.0 Å². The summed E-state index contributed by atoms with van der Waals surface area (Å²) in [5, 5.41) is 9.87. The number of carbonyl (C=O) groups is 1. The van der Waals surface area contributed by atoms with Gasteiger partial charge in [-0.15, -0.1) is 24.0 Å². The van der Waals surface area contributed by atoms with Gasteiger partial charge in [0.2, 0.25) is 0 Å². The van der Waals surface area contributed by atoms with Crippen LogP contribution in [0, 0.1) is 5.41 Å². The molecule has 3 rings (SSSR count). The molecule has 0 aromatic heterocycles. The first-order valence-corrected chi connectivity index (χ1v) is 11.1. The van der Waals surface area contributed by atoms with Gasteiger partial charge in [0.15, 0.2) is 12.6 Å². The molecule has 1 aromatic carbocycles. The number of guanidine groups is 1. The fraction of sp³-hybridized carbons (Fsp3) is 0.652. The number of rotatable bonds is 10. The minimum Gasteiger partial charge on any atom is -0.484 e. The molecule has 0 saturated heterocycles. The van der Waals surface area contributed by atoms with E-state index >= 15 is 0 Å². The monoisotopic (exact) mass is 528 g/mol. The Hall–Kier alpha value is -1.51. The van der Waals surface area contributed by atoms with Crippen molar-refractivity contribution in [1.29, 1.82) is 0 Å². The van der Waals surface area contributed by atoms with E-state index < -0.39 is 0 Å². The number of aliphatic imine (C=N–C) groups is 1. The first kappa shape index (κ1) is 24.8. The second kappa shape index (κ2) is 12.4. The molecule has 1 aromatic rings. The number of amides is 1. The third kappa shape index (κ3) is 7.96. The minimum absolute atomic E-state index is 0. The first-order chi connectivity index (χ1) is 14.1. The van der Waals surface area contributed by atoms with E-state index in [1.54, 1.807) is 0 Å². The predicted octanol–water partition coefficient (Wildman–Crippen LogP) is 3.64. The topological polar surface area (TPSA) is 74.8 Å². The van der Waals surface area contributed by atoms with Crippen molar-refractivity contribution in [3.63, 3.8) is 0 Å². The number of nitrogens with one attached hydrogen (secondary N) is 3. The zero-order chi connectivity index (χ0) is 20.5. The average molecular weight is 528 g/mol. The second-order valence-electron chi connectivity index (χ2n) is 8.44. The Morgan fingerprint density at radius 2 is 1.87 bits per heavy atom. The Kier molecular flexibility index (Phi) is 10.2. The van der Waals surface area contributed by atoms with Gasteiger partial charge in [0.05, 0.1) is 0 Å². The number of hydrogen-bond acceptors (Lipinski definition) is 3. The molecule has 2 fully saturated rings. The van der Waals surface area contributed by atoms with Gasteiger partial charge < -0.3 is 20.7 Å². The Morgan fingerprint density at radius 3 is 2.47 bits per heavy atom. The summed E-state index contributed by atoms with van der Waals surface area (Å²) in [6.45, 7) is 4.21. The summed E-state index contributed by atoms with van der Waals surface area (Å²) in [6.07, 6.45) is 9.67. The van der Waals surface area contributed by atoms with Gasteiger partial charge in [-0.3, -0.25) is 9.79 Å². The van der Waals surface area contributed by atoms with Gasteiger partial charge in [-0.2, -0.15) is 0 Å². The molecule has 1 amide bonds. The van der Waals surface area contributed by atoms with Gasteiger partial charge in [-0.05, 0) is 61.6 Å². The van der Waals surface area contributed by atoms with E-state index in [9.17, 15) is 4.79 Å². The number of halogens is 1. The molecule has 0 spiro atoms. The summed E-state index contributed by atoms with van der Waals surface area (Å²) in [5.41, 5.74) is 1.67. The van der Waals surface area contributed by atoms with Crippen LogP contribution in [0.3, 0.4) is 0 Å². The molecule has 30 heavy (non-hydrogen) atoms. The first-order valence-electron chi connectivity index (χ1n) is 11.1. The summed E-state index contributed by atoms with van der Waals surface area (Å²) < 4.78 is 5.56. The molecule has 2 aliphatic rings. The number of benzene rings is 1. The largest absolute Gasteiger partial charge is 0.484 e. The van der Waals surface area contributed by atoms with Crippen LogP contribution in [0.5, 0.6) is 5.75 Å². The lowest BCUT2D eigenvalue weighted by Crippen LogP contribution is -2.43. The fourth-order valence-corrected chi connectivity index (χ4v) is 4.00. The highest BCUT2D eigenvalue weighted by atomic mass is 127. The van der Waals surface area contributed by atoms with Crippen LogP contribution < -0.4 is 20.7 Å². The molecule has 0 aliphatic heterocycles. The molecule has 168 valence electrons. The quantitative estimate of drug-likeness (QED) is 0.246. The summed E-state index contributed by atoms with van der Waals surface area (Å²) in [6, 6.07) is 8.33. The van der Waals surface area contributed by atoms with E-state index in [0.29, 0.717) is 11.5 Å². The van der Waals surface area contributed by atoms with Gasteiger partial charge in [0.1, 0.15) is 5.75 Å². The lowest BCUT2D eigenvalue weighted by atomic mass is 9.83. The maximum atomic E-state index is 11.7. The summed E-state index contributed by atoms with van der Waals surface area (Å²) in [5.74, 6) is 1.57. The van der Waals surface area contributed by atoms with Gasteiger partial charge in [0.25, 0.3) is 5.91 Å². The average Bonchev–Trinajstić information content (AvgIpc) is 3.43. The van der Waals surface area contributed by atoms with Crippen molar-refractivity contribution in [2.45, 2.75) is 64.3 Å². The summed E-state index contributed by atoms with van der Waals surface area (Å²) in [4.78, 5) is 16.0. The molecule has 7 heteroatoms. The van der Waals surface area contributed by atoms with Crippen LogP contribution in [-0.4, -0.2) is 44.7 Å². The highest BCUT2D eigenvalue weighted by Crippen LogP contribution is 2.40. The zero-order valence-electron chi connectivity index (χ0n) is 18.3. The van der Waals surface area contributed by atoms with Crippen LogP contribution in [0.1, 0.15) is 57.4 Å². The molecular weight excluding hydrogens is 491 g/mol. The van der Waals surface area contributed by atoms with E-state index in [0.717, 1.165) is 44.1 Å². The molecule has 0 atom stereocenters. The van der Waals surface area contributed by atoms with E-state index in [1.165, 1.54) is 37.7 Å². The molecule has 2 aliphatic carbocycles. The van der Waals surface area contributed by atoms with Gasteiger partial charge in [0, 0.05) is 26.2 Å². The normalized spacial score (nSPS) is 17.7. The van der Waals surface area contributed by atoms with Crippen molar-refractivity contribution in [2.75, 3.05) is 26.7 Å². The fourth-order valence-electron chi connectivity index (χ4n) is 4.00. The van der Waals surface area contributed by atoms with E-state index in [2.05, 4.69) is 40.0 Å². The Balaban J connectivity index is 0.00000320. The molecule has 0 bridgehead atoms. The van der Waals surface area contributed by atoms with E-state index in [-0.39, 0.29) is 36.5 Å². The van der Waals surface area contributed by atoms with Crippen LogP contribution in [0.2, 0.25) is 0 Å². The summed E-state index contributed by atoms with van der Waals surface area (Å²) >= 11 is 0. The number of nitrogens with zero attached hydrogens (tertiary/aromatic N) is 1. The molecule has 6 nitrogen and oxygen atoms in total. The Labute approximate surface area is 198 Å². The van der Waals surface area contributed by atoms with Crippen molar-refractivity contribution in [2.24, 2.45) is 10.4 Å². The molecular formula is C23H37IN4O2. The van der Waals surface area contributed by atoms with Crippen LogP contribution in [0.15, 0.2) is 29.3 Å². The molecule has 3 N–H and O–H groups in total. The minimum atomic E-state index is -0.0397. The summed E-state index contributed by atoms with van der Waals surface area (Å²) in [7, 11) is 1.83. The molecule has 0 unspecified atom stereocenters. The van der Waals surface area contributed by atoms with Gasteiger partial charge >= 0.3 is 0 Å².